The highest BCUT2D eigenvalue weighted by Crippen LogP contribution is 2.26. The predicted octanol–water partition coefficient (Wildman–Crippen LogP) is 3.90. The van der Waals surface area contributed by atoms with Gasteiger partial charge in [0.05, 0.1) is 0 Å². The summed E-state index contributed by atoms with van der Waals surface area (Å²) in [5, 5.41) is 13.9. The second-order valence-electron chi connectivity index (χ2n) is 6.49. The Kier molecular flexibility index (Phi) is 5.40. The summed E-state index contributed by atoms with van der Waals surface area (Å²) in [6.07, 6.45) is 5.50. The molecule has 0 spiro atoms. The van der Waals surface area contributed by atoms with Crippen LogP contribution >= 0.6 is 22.9 Å². The van der Waals surface area contributed by atoms with Crippen LogP contribution in [0.15, 0.2) is 42.6 Å². The van der Waals surface area contributed by atoms with Crippen LogP contribution in [0.4, 0.5) is 5.13 Å². The highest BCUT2D eigenvalue weighted by molar-refractivity contribution is 7.17. The molecule has 0 atom stereocenters. The van der Waals surface area contributed by atoms with E-state index in [2.05, 4.69) is 20.4 Å². The second kappa shape index (κ2) is 8.10. The number of anilines is 1. The topological polar surface area (TPSA) is 63.1 Å². The molecule has 0 aliphatic carbocycles. The van der Waals surface area contributed by atoms with Gasteiger partial charge in [-0.2, -0.15) is 0 Å². The van der Waals surface area contributed by atoms with Crippen molar-refractivity contribution in [3.05, 3.63) is 58.9 Å². The molecule has 0 saturated carbocycles. The van der Waals surface area contributed by atoms with Crippen molar-refractivity contribution >= 4 is 34.0 Å². The quantitative estimate of drug-likeness (QED) is 0.704. The Labute approximate surface area is 166 Å². The maximum Gasteiger partial charge on any atom is 0.268 e. The van der Waals surface area contributed by atoms with E-state index in [0.29, 0.717) is 22.4 Å². The van der Waals surface area contributed by atoms with Gasteiger partial charge in [-0.15, -0.1) is 10.2 Å². The SMILES string of the molecule is O=C(NCc1ccc(Cl)cc1)c1cccn1-c1nnc(N2CCCCC2)s1. The number of benzene rings is 1. The Morgan fingerprint density at radius 2 is 1.81 bits per heavy atom. The summed E-state index contributed by atoms with van der Waals surface area (Å²) in [4.78, 5) is 14.9. The van der Waals surface area contributed by atoms with Gasteiger partial charge in [0.1, 0.15) is 5.69 Å². The lowest BCUT2D eigenvalue weighted by Gasteiger charge is -2.25. The zero-order valence-electron chi connectivity index (χ0n) is 14.8. The predicted molar refractivity (Wildman–Crippen MR) is 108 cm³/mol. The maximum absolute atomic E-state index is 12.6. The fraction of sp³-hybridized carbons (Fsp3) is 0.316. The minimum Gasteiger partial charge on any atom is -0.347 e. The van der Waals surface area contributed by atoms with E-state index < -0.39 is 0 Å². The van der Waals surface area contributed by atoms with E-state index in [1.807, 2.05) is 36.5 Å². The van der Waals surface area contributed by atoms with Gasteiger partial charge in [-0.25, -0.2) is 0 Å². The molecule has 3 aromatic rings. The summed E-state index contributed by atoms with van der Waals surface area (Å²) in [6.45, 7) is 2.49. The number of nitrogens with one attached hydrogen (secondary N) is 1. The van der Waals surface area contributed by atoms with E-state index in [-0.39, 0.29) is 5.91 Å². The van der Waals surface area contributed by atoms with Crippen molar-refractivity contribution < 1.29 is 4.79 Å². The van der Waals surface area contributed by atoms with Gasteiger partial charge in [0.2, 0.25) is 10.3 Å². The molecule has 8 heteroatoms. The summed E-state index contributed by atoms with van der Waals surface area (Å²) in [6, 6.07) is 11.1. The molecule has 1 aliphatic rings. The molecule has 0 bridgehead atoms. The number of carbonyl (C=O) groups excluding carboxylic acids is 1. The molecule has 1 saturated heterocycles. The normalized spacial score (nSPS) is 14.3. The van der Waals surface area contributed by atoms with E-state index in [1.165, 1.54) is 30.6 Å². The Morgan fingerprint density at radius 3 is 2.59 bits per heavy atom. The van der Waals surface area contributed by atoms with Crippen molar-refractivity contribution in [2.45, 2.75) is 25.8 Å². The fourth-order valence-electron chi connectivity index (χ4n) is 3.13. The van der Waals surface area contributed by atoms with Gasteiger partial charge in [-0.3, -0.25) is 9.36 Å². The van der Waals surface area contributed by atoms with Gasteiger partial charge in [0, 0.05) is 30.9 Å². The highest BCUT2D eigenvalue weighted by Gasteiger charge is 2.18. The summed E-state index contributed by atoms with van der Waals surface area (Å²) >= 11 is 7.41. The number of aromatic nitrogens is 3. The average molecular weight is 402 g/mol. The number of hydrogen-bond donors (Lipinski definition) is 1. The number of hydrogen-bond acceptors (Lipinski definition) is 5. The number of piperidine rings is 1. The third kappa shape index (κ3) is 4.14. The third-order valence-electron chi connectivity index (χ3n) is 4.58. The molecule has 6 nitrogen and oxygen atoms in total. The molecule has 3 heterocycles. The van der Waals surface area contributed by atoms with E-state index in [1.54, 1.807) is 10.6 Å². The molecule has 2 aromatic heterocycles. The minimum atomic E-state index is -0.148. The Bertz CT molecular complexity index is 914. The average Bonchev–Trinajstić information content (AvgIpc) is 3.37. The van der Waals surface area contributed by atoms with Crippen LogP contribution in [0.1, 0.15) is 35.3 Å². The molecule has 0 radical (unpaired) electrons. The van der Waals surface area contributed by atoms with E-state index >= 15 is 0 Å². The molecule has 1 aromatic carbocycles. The molecule has 1 amide bonds. The molecule has 1 N–H and O–H groups in total. The Hall–Kier alpha value is -2.38. The number of amides is 1. The monoisotopic (exact) mass is 401 g/mol. The van der Waals surface area contributed by atoms with E-state index in [0.717, 1.165) is 23.8 Å². The van der Waals surface area contributed by atoms with Gasteiger partial charge < -0.3 is 10.2 Å². The lowest BCUT2D eigenvalue weighted by molar-refractivity contribution is 0.0944. The van der Waals surface area contributed by atoms with Crippen molar-refractivity contribution in [3.8, 4) is 5.13 Å². The number of nitrogens with zero attached hydrogens (tertiary/aromatic N) is 4. The van der Waals surface area contributed by atoms with Crippen molar-refractivity contribution in [2.75, 3.05) is 18.0 Å². The van der Waals surface area contributed by atoms with Crippen LogP contribution in [-0.2, 0) is 6.54 Å². The molecule has 27 heavy (non-hydrogen) atoms. The molecule has 1 aliphatic heterocycles. The van der Waals surface area contributed by atoms with Crippen LogP contribution in [-0.4, -0.2) is 33.8 Å². The van der Waals surface area contributed by atoms with Gasteiger partial charge in [0.15, 0.2) is 0 Å². The zero-order chi connectivity index (χ0) is 18.6. The van der Waals surface area contributed by atoms with Gasteiger partial charge >= 0.3 is 0 Å². The van der Waals surface area contributed by atoms with Gasteiger partial charge in [-0.1, -0.05) is 35.1 Å². The maximum atomic E-state index is 12.6. The van der Waals surface area contributed by atoms with Crippen LogP contribution in [0.5, 0.6) is 0 Å². The number of rotatable bonds is 5. The third-order valence-corrected chi connectivity index (χ3v) is 5.82. The first-order valence-corrected chi connectivity index (χ1v) is 10.2. The van der Waals surface area contributed by atoms with Crippen LogP contribution in [0.3, 0.4) is 0 Å². The van der Waals surface area contributed by atoms with Gasteiger partial charge in [0.25, 0.3) is 5.91 Å². The largest absolute Gasteiger partial charge is 0.347 e. The van der Waals surface area contributed by atoms with Crippen LogP contribution in [0.25, 0.3) is 5.13 Å². The molecular formula is C19H20ClN5OS. The molecule has 0 unspecified atom stereocenters. The lowest BCUT2D eigenvalue weighted by atomic mass is 10.1. The van der Waals surface area contributed by atoms with Crippen LogP contribution < -0.4 is 10.2 Å². The first-order valence-electron chi connectivity index (χ1n) is 8.99. The molecule has 4 rings (SSSR count). The fourth-order valence-corrected chi connectivity index (χ4v) is 4.15. The lowest BCUT2D eigenvalue weighted by Crippen LogP contribution is -2.29. The highest BCUT2D eigenvalue weighted by atomic mass is 35.5. The van der Waals surface area contributed by atoms with Crippen molar-refractivity contribution in [2.24, 2.45) is 0 Å². The van der Waals surface area contributed by atoms with Crippen molar-refractivity contribution in [3.63, 3.8) is 0 Å². The van der Waals surface area contributed by atoms with E-state index in [9.17, 15) is 4.79 Å². The van der Waals surface area contributed by atoms with Gasteiger partial charge in [-0.05, 0) is 49.1 Å². The number of carbonyl (C=O) groups is 1. The van der Waals surface area contributed by atoms with Crippen LogP contribution in [0.2, 0.25) is 5.02 Å². The smallest absolute Gasteiger partial charge is 0.268 e. The molecular weight excluding hydrogens is 382 g/mol. The summed E-state index contributed by atoms with van der Waals surface area (Å²) < 4.78 is 1.79. The molecule has 1 fully saturated rings. The number of halogens is 1. The van der Waals surface area contributed by atoms with Crippen molar-refractivity contribution in [1.82, 2.24) is 20.1 Å². The summed E-state index contributed by atoms with van der Waals surface area (Å²) in [5.74, 6) is -0.148. The first-order chi connectivity index (χ1) is 13.2. The van der Waals surface area contributed by atoms with Crippen LogP contribution in [0, 0.1) is 0 Å². The van der Waals surface area contributed by atoms with E-state index in [4.69, 9.17) is 11.6 Å². The Balaban J connectivity index is 1.46. The van der Waals surface area contributed by atoms with Crippen molar-refractivity contribution in [1.29, 1.82) is 0 Å². The molecule has 140 valence electrons. The minimum absolute atomic E-state index is 0.148. The summed E-state index contributed by atoms with van der Waals surface area (Å²) in [7, 11) is 0. The standard InChI is InChI=1S/C19H20ClN5OS/c20-15-8-6-14(7-9-15)13-21-17(26)16-5-4-12-25(16)19-23-22-18(27-19)24-10-2-1-3-11-24/h4-9,12H,1-3,10-11,13H2,(H,21,26). The second-order valence-corrected chi connectivity index (χ2v) is 7.86. The zero-order valence-corrected chi connectivity index (χ0v) is 16.3. The summed E-state index contributed by atoms with van der Waals surface area (Å²) in [5.41, 5.74) is 1.54. The Morgan fingerprint density at radius 1 is 1.07 bits per heavy atom. The first kappa shape index (κ1) is 18.0.